The zero-order valence-electron chi connectivity index (χ0n) is 15.2. The van der Waals surface area contributed by atoms with Crippen molar-refractivity contribution >= 4 is 42.4 Å². The van der Waals surface area contributed by atoms with Crippen LogP contribution >= 0.6 is 15.9 Å². The molecule has 0 N–H and O–H groups in total. The Morgan fingerprint density at radius 3 is 2.46 bits per heavy atom. The summed E-state index contributed by atoms with van der Waals surface area (Å²) < 4.78 is 24.9. The number of amides is 1. The first kappa shape index (κ1) is 19.2. The van der Waals surface area contributed by atoms with Crippen LogP contribution in [-0.4, -0.2) is 36.8 Å². The molecule has 0 unspecified atom stereocenters. The molecule has 0 aromatic heterocycles. The molecular formula is C22H20BrNO3S. The van der Waals surface area contributed by atoms with E-state index in [1.165, 1.54) is 0 Å². The zero-order valence-corrected chi connectivity index (χ0v) is 17.6. The van der Waals surface area contributed by atoms with Crippen LogP contribution in [0.25, 0.3) is 10.8 Å². The molecule has 1 aliphatic heterocycles. The van der Waals surface area contributed by atoms with Gasteiger partial charge in [0.2, 0.25) is 0 Å². The minimum atomic E-state index is -3.11. The van der Waals surface area contributed by atoms with Crippen molar-refractivity contribution in [2.45, 2.75) is 19.0 Å². The van der Waals surface area contributed by atoms with Crippen molar-refractivity contribution in [2.24, 2.45) is 0 Å². The van der Waals surface area contributed by atoms with Gasteiger partial charge in [-0.3, -0.25) is 4.79 Å². The van der Waals surface area contributed by atoms with E-state index < -0.39 is 9.84 Å². The molecule has 0 spiro atoms. The number of carbonyl (C=O) groups excluding carboxylic acids is 1. The first-order valence-electron chi connectivity index (χ1n) is 9.17. The molecule has 1 aliphatic rings. The number of hydrogen-bond acceptors (Lipinski definition) is 3. The first-order valence-corrected chi connectivity index (χ1v) is 11.8. The number of halogens is 1. The highest BCUT2D eigenvalue weighted by atomic mass is 79.9. The summed E-state index contributed by atoms with van der Waals surface area (Å²) in [5.41, 5.74) is 1.56. The third-order valence-corrected chi connectivity index (χ3v) is 7.68. The molecule has 0 radical (unpaired) electrons. The monoisotopic (exact) mass is 457 g/mol. The predicted octanol–water partition coefficient (Wildman–Crippen LogP) is 4.43. The Balaban J connectivity index is 1.75. The van der Waals surface area contributed by atoms with Gasteiger partial charge < -0.3 is 4.90 Å². The van der Waals surface area contributed by atoms with E-state index >= 15 is 0 Å². The summed E-state index contributed by atoms with van der Waals surface area (Å²) in [5.74, 6) is 0.00322. The number of nitrogens with zero attached hydrogens (tertiary/aromatic N) is 1. The fourth-order valence-corrected chi connectivity index (χ4v) is 5.98. The van der Waals surface area contributed by atoms with Gasteiger partial charge in [-0.05, 0) is 50.8 Å². The Morgan fingerprint density at radius 1 is 1.00 bits per heavy atom. The van der Waals surface area contributed by atoms with Gasteiger partial charge in [0, 0.05) is 17.1 Å². The molecule has 28 heavy (non-hydrogen) atoms. The van der Waals surface area contributed by atoms with E-state index in [1.54, 1.807) is 11.0 Å². The molecule has 4 nitrogen and oxygen atoms in total. The van der Waals surface area contributed by atoms with Crippen molar-refractivity contribution in [2.75, 3.05) is 11.5 Å². The third-order valence-electron chi connectivity index (χ3n) is 5.23. The van der Waals surface area contributed by atoms with Gasteiger partial charge in [-0.2, -0.15) is 0 Å². The molecule has 6 heteroatoms. The maximum atomic E-state index is 13.4. The molecule has 1 saturated heterocycles. The number of sulfone groups is 1. The van der Waals surface area contributed by atoms with Gasteiger partial charge in [-0.1, -0.05) is 54.6 Å². The fraction of sp³-hybridized carbons (Fsp3) is 0.227. The molecule has 0 bridgehead atoms. The van der Waals surface area contributed by atoms with Crippen LogP contribution in [0, 0.1) is 0 Å². The molecule has 1 atom stereocenters. The van der Waals surface area contributed by atoms with Gasteiger partial charge in [-0.25, -0.2) is 8.42 Å². The minimum absolute atomic E-state index is 0.0218. The molecule has 0 aliphatic carbocycles. The van der Waals surface area contributed by atoms with Crippen molar-refractivity contribution in [3.63, 3.8) is 0 Å². The van der Waals surface area contributed by atoms with Crippen LogP contribution in [0.4, 0.5) is 0 Å². The Morgan fingerprint density at radius 2 is 1.71 bits per heavy atom. The average molecular weight is 458 g/mol. The van der Waals surface area contributed by atoms with Gasteiger partial charge in [0.15, 0.2) is 9.84 Å². The van der Waals surface area contributed by atoms with Crippen molar-refractivity contribution in [3.05, 3.63) is 82.3 Å². The first-order chi connectivity index (χ1) is 13.4. The second-order valence-electron chi connectivity index (χ2n) is 7.11. The van der Waals surface area contributed by atoms with Crippen molar-refractivity contribution in [1.29, 1.82) is 0 Å². The number of fused-ring (bicyclic) bond motifs is 1. The maximum Gasteiger partial charge on any atom is 0.255 e. The second-order valence-corrected chi connectivity index (χ2v) is 10.2. The summed E-state index contributed by atoms with van der Waals surface area (Å²) in [7, 11) is -3.11. The molecule has 0 saturated carbocycles. The molecular weight excluding hydrogens is 438 g/mol. The van der Waals surface area contributed by atoms with Gasteiger partial charge >= 0.3 is 0 Å². The summed E-state index contributed by atoms with van der Waals surface area (Å²) in [6, 6.07) is 21.0. The van der Waals surface area contributed by atoms with Crippen LogP contribution < -0.4 is 0 Å². The predicted molar refractivity (Wildman–Crippen MR) is 115 cm³/mol. The SMILES string of the molecule is O=C(c1ccccc1Br)N(Cc1cccc2ccccc12)[C@@H]1CCS(=O)(=O)C1. The summed E-state index contributed by atoms with van der Waals surface area (Å²) in [4.78, 5) is 15.1. The van der Waals surface area contributed by atoms with Gasteiger partial charge in [0.05, 0.1) is 17.1 Å². The lowest BCUT2D eigenvalue weighted by Gasteiger charge is -2.29. The van der Waals surface area contributed by atoms with E-state index in [0.29, 0.717) is 23.0 Å². The number of rotatable bonds is 4. The van der Waals surface area contributed by atoms with Crippen LogP contribution in [0.5, 0.6) is 0 Å². The van der Waals surface area contributed by atoms with Gasteiger partial charge in [0.25, 0.3) is 5.91 Å². The summed E-state index contributed by atoms with van der Waals surface area (Å²) >= 11 is 3.46. The largest absolute Gasteiger partial charge is 0.330 e. The van der Waals surface area contributed by atoms with Crippen molar-refractivity contribution in [1.82, 2.24) is 4.90 Å². The molecule has 1 fully saturated rings. The number of hydrogen-bond donors (Lipinski definition) is 0. The van der Waals surface area contributed by atoms with E-state index in [2.05, 4.69) is 15.9 Å². The molecule has 3 aromatic carbocycles. The Labute approximate surface area is 173 Å². The van der Waals surface area contributed by atoms with E-state index in [4.69, 9.17) is 0 Å². The zero-order chi connectivity index (χ0) is 19.7. The topological polar surface area (TPSA) is 54.5 Å². The van der Waals surface area contributed by atoms with Crippen LogP contribution in [-0.2, 0) is 16.4 Å². The summed E-state index contributed by atoms with van der Waals surface area (Å²) in [6.45, 7) is 0.377. The molecule has 1 amide bonds. The van der Waals surface area contributed by atoms with Crippen molar-refractivity contribution in [3.8, 4) is 0 Å². The Hall–Kier alpha value is -2.18. The van der Waals surface area contributed by atoms with Gasteiger partial charge in [-0.15, -0.1) is 0 Å². The van der Waals surface area contributed by atoms with Crippen LogP contribution in [0.15, 0.2) is 71.2 Å². The highest BCUT2D eigenvalue weighted by Crippen LogP contribution is 2.27. The van der Waals surface area contributed by atoms with Crippen LogP contribution in [0.2, 0.25) is 0 Å². The van der Waals surface area contributed by atoms with Gasteiger partial charge in [0.1, 0.15) is 0 Å². The van der Waals surface area contributed by atoms with E-state index in [1.807, 2.05) is 60.7 Å². The molecule has 3 aromatic rings. The molecule has 4 rings (SSSR count). The van der Waals surface area contributed by atoms with E-state index in [0.717, 1.165) is 16.3 Å². The minimum Gasteiger partial charge on any atom is -0.330 e. The van der Waals surface area contributed by atoms with Crippen molar-refractivity contribution < 1.29 is 13.2 Å². The fourth-order valence-electron chi connectivity index (χ4n) is 3.79. The normalized spacial score (nSPS) is 18.2. The number of carbonyl (C=O) groups is 1. The third kappa shape index (κ3) is 3.84. The lowest BCUT2D eigenvalue weighted by molar-refractivity contribution is 0.0681. The Bertz CT molecular complexity index is 1140. The summed E-state index contributed by atoms with van der Waals surface area (Å²) in [6.07, 6.45) is 0.475. The molecule has 1 heterocycles. The quantitative estimate of drug-likeness (QED) is 0.581. The Kier molecular flexibility index (Phi) is 5.25. The highest BCUT2D eigenvalue weighted by Gasteiger charge is 2.35. The smallest absolute Gasteiger partial charge is 0.255 e. The second kappa shape index (κ2) is 7.68. The number of benzene rings is 3. The molecule has 144 valence electrons. The maximum absolute atomic E-state index is 13.4. The average Bonchev–Trinajstić information content (AvgIpc) is 3.05. The van der Waals surface area contributed by atoms with E-state index in [9.17, 15) is 13.2 Å². The van der Waals surface area contributed by atoms with E-state index in [-0.39, 0.29) is 23.5 Å². The lowest BCUT2D eigenvalue weighted by atomic mass is 10.0. The summed E-state index contributed by atoms with van der Waals surface area (Å²) in [5, 5.41) is 2.18. The van der Waals surface area contributed by atoms with Crippen LogP contribution in [0.3, 0.4) is 0 Å². The lowest BCUT2D eigenvalue weighted by Crippen LogP contribution is -2.40. The van der Waals surface area contributed by atoms with Crippen LogP contribution in [0.1, 0.15) is 22.3 Å². The highest BCUT2D eigenvalue weighted by molar-refractivity contribution is 9.10. The standard InChI is InChI=1S/C22H20BrNO3S/c23-21-11-4-3-10-20(21)22(25)24(18-12-13-28(26,27)15-18)14-17-8-5-7-16-6-1-2-9-19(16)17/h1-11,18H,12-15H2/t18-/m1/s1.